The van der Waals surface area contributed by atoms with E-state index in [4.69, 9.17) is 21.3 Å². The zero-order chi connectivity index (χ0) is 26.6. The number of methoxy groups -OCH3 is 1. The molecule has 1 aromatic heterocycles. The fourth-order valence-electron chi connectivity index (χ4n) is 7.68. The van der Waals surface area contributed by atoms with E-state index < -0.39 is 11.6 Å². The van der Waals surface area contributed by atoms with E-state index >= 15 is 0 Å². The van der Waals surface area contributed by atoms with Crippen molar-refractivity contribution in [2.75, 3.05) is 36.5 Å². The zero-order valence-corrected chi connectivity index (χ0v) is 22.7. The van der Waals surface area contributed by atoms with Gasteiger partial charge < -0.3 is 25.0 Å². The Labute approximate surface area is 228 Å². The van der Waals surface area contributed by atoms with E-state index in [2.05, 4.69) is 22.0 Å². The molecule has 8 nitrogen and oxygen atoms in total. The number of pyridine rings is 1. The third-order valence-corrected chi connectivity index (χ3v) is 9.44. The highest BCUT2D eigenvalue weighted by atomic mass is 35.5. The van der Waals surface area contributed by atoms with Crippen LogP contribution in [0.1, 0.15) is 59.9 Å². The fraction of sp³-hybridized carbons (Fsp3) is 0.552. The van der Waals surface area contributed by atoms with Crippen molar-refractivity contribution in [1.29, 1.82) is 0 Å². The van der Waals surface area contributed by atoms with Crippen LogP contribution in [-0.4, -0.2) is 66.4 Å². The molecule has 38 heavy (non-hydrogen) atoms. The molecular formula is C29H35ClN4O4. The van der Waals surface area contributed by atoms with E-state index in [0.29, 0.717) is 34.0 Å². The molecule has 1 aliphatic heterocycles. The van der Waals surface area contributed by atoms with Crippen LogP contribution in [0.15, 0.2) is 36.4 Å². The Bertz CT molecular complexity index is 1240. The molecule has 9 heteroatoms. The smallest absolute Gasteiger partial charge is 0.337 e. The minimum absolute atomic E-state index is 0.125. The molecule has 5 aliphatic rings. The SMILES string of the molecule is COC(=O)c1ccc(N2CCN(c3cccc(C(=O)NC4[C@@H]5CC6C[C@@H]4CC(O)(C6)C5)n3)[C@H](C)C2)c(Cl)c1. The maximum absolute atomic E-state index is 13.3. The van der Waals surface area contributed by atoms with Gasteiger partial charge in [-0.3, -0.25) is 4.79 Å². The average Bonchev–Trinajstić information content (AvgIpc) is 2.89. The van der Waals surface area contributed by atoms with Crippen LogP contribution in [0.4, 0.5) is 11.5 Å². The summed E-state index contributed by atoms with van der Waals surface area (Å²) in [7, 11) is 1.35. The van der Waals surface area contributed by atoms with Gasteiger partial charge in [0.25, 0.3) is 5.91 Å². The number of carbonyl (C=O) groups excluding carboxylic acids is 2. The molecule has 4 saturated carbocycles. The number of ether oxygens (including phenoxy) is 1. The molecule has 7 rings (SSSR count). The van der Waals surface area contributed by atoms with Gasteiger partial charge in [0.2, 0.25) is 0 Å². The summed E-state index contributed by atoms with van der Waals surface area (Å²) in [6.07, 6.45) is 4.74. The first-order chi connectivity index (χ1) is 18.2. The Kier molecular flexibility index (Phi) is 6.51. The Morgan fingerprint density at radius 1 is 1.13 bits per heavy atom. The van der Waals surface area contributed by atoms with Crippen molar-refractivity contribution in [2.24, 2.45) is 17.8 Å². The first-order valence-corrected chi connectivity index (χ1v) is 14.0. The average molecular weight is 539 g/mol. The molecule has 2 N–H and O–H groups in total. The van der Waals surface area contributed by atoms with Crippen molar-refractivity contribution in [3.63, 3.8) is 0 Å². The lowest BCUT2D eigenvalue weighted by Crippen LogP contribution is -2.61. The van der Waals surface area contributed by atoms with Gasteiger partial charge in [0, 0.05) is 31.7 Å². The molecule has 1 saturated heterocycles. The Hall–Kier alpha value is -2.84. The maximum Gasteiger partial charge on any atom is 0.337 e. The summed E-state index contributed by atoms with van der Waals surface area (Å²) in [4.78, 5) is 34.3. The normalized spacial score (nSPS) is 31.8. The van der Waals surface area contributed by atoms with Crippen molar-refractivity contribution in [2.45, 2.75) is 56.7 Å². The van der Waals surface area contributed by atoms with Crippen molar-refractivity contribution in [1.82, 2.24) is 10.3 Å². The number of aliphatic hydroxyl groups is 1. The standard InChI is InChI=1S/C29H35ClN4O4/c1-17-16-33(24-7-6-19(12-22(24)30)28(36)38-2)8-9-34(17)25-5-3-4-23(31-25)27(35)32-26-20-10-18-11-21(26)15-29(37,13-18)14-20/h3-7,12,17-18,20-21,26,37H,8-11,13-16H2,1-2H3,(H,32,35)/t17-,18?,20-,21-,26?,29?/m1/s1. The summed E-state index contributed by atoms with van der Waals surface area (Å²) < 4.78 is 4.79. The van der Waals surface area contributed by atoms with Crippen LogP contribution >= 0.6 is 11.6 Å². The number of halogens is 1. The number of anilines is 2. The Balaban J connectivity index is 1.12. The number of amides is 1. The first kappa shape index (κ1) is 25.4. The topological polar surface area (TPSA) is 95.0 Å². The van der Waals surface area contributed by atoms with Gasteiger partial charge in [0.15, 0.2) is 0 Å². The predicted octanol–water partition coefficient (Wildman–Crippen LogP) is 3.91. The Morgan fingerprint density at radius 3 is 2.55 bits per heavy atom. The molecule has 0 unspecified atom stereocenters. The van der Waals surface area contributed by atoms with Crippen LogP contribution in [-0.2, 0) is 4.74 Å². The molecule has 1 aromatic carbocycles. The van der Waals surface area contributed by atoms with Gasteiger partial charge in [0.05, 0.1) is 29.0 Å². The summed E-state index contributed by atoms with van der Waals surface area (Å²) in [5.41, 5.74) is 1.23. The van der Waals surface area contributed by atoms with Crippen molar-refractivity contribution < 1.29 is 19.4 Å². The molecule has 0 radical (unpaired) electrons. The van der Waals surface area contributed by atoms with E-state index in [0.717, 1.165) is 63.2 Å². The number of aromatic nitrogens is 1. The molecule has 202 valence electrons. The lowest BCUT2D eigenvalue weighted by molar-refractivity contribution is -0.136. The highest BCUT2D eigenvalue weighted by molar-refractivity contribution is 6.33. The molecular weight excluding hydrogens is 504 g/mol. The number of nitrogens with one attached hydrogen (secondary N) is 1. The second kappa shape index (κ2) is 9.72. The number of piperazine rings is 1. The number of esters is 1. The quantitative estimate of drug-likeness (QED) is 0.557. The van der Waals surface area contributed by atoms with E-state index in [-0.39, 0.29) is 18.0 Å². The minimum atomic E-state index is -0.512. The lowest BCUT2D eigenvalue weighted by Gasteiger charge is -2.58. The van der Waals surface area contributed by atoms with E-state index in [1.54, 1.807) is 18.2 Å². The van der Waals surface area contributed by atoms with Gasteiger partial charge in [-0.1, -0.05) is 17.7 Å². The molecule has 3 atom stereocenters. The largest absolute Gasteiger partial charge is 0.465 e. The van der Waals surface area contributed by atoms with Crippen LogP contribution in [0.2, 0.25) is 5.02 Å². The van der Waals surface area contributed by atoms with Crippen molar-refractivity contribution >= 4 is 35.0 Å². The lowest BCUT2D eigenvalue weighted by atomic mass is 9.52. The monoisotopic (exact) mass is 538 g/mol. The molecule has 4 aliphatic carbocycles. The summed E-state index contributed by atoms with van der Waals surface area (Å²) in [6, 6.07) is 11.1. The summed E-state index contributed by atoms with van der Waals surface area (Å²) in [5.74, 6) is 1.58. The van der Waals surface area contributed by atoms with E-state index in [9.17, 15) is 14.7 Å². The third-order valence-electron chi connectivity index (χ3n) is 9.14. The summed E-state index contributed by atoms with van der Waals surface area (Å²) in [6.45, 7) is 4.32. The number of carbonyl (C=O) groups is 2. The Morgan fingerprint density at radius 2 is 1.89 bits per heavy atom. The molecule has 4 bridgehead atoms. The van der Waals surface area contributed by atoms with E-state index in [1.807, 2.05) is 18.2 Å². The second-order valence-corrected chi connectivity index (χ2v) is 12.1. The molecule has 5 fully saturated rings. The predicted molar refractivity (Wildman–Crippen MR) is 146 cm³/mol. The highest BCUT2D eigenvalue weighted by Gasteiger charge is 2.55. The van der Waals surface area contributed by atoms with Gasteiger partial charge in [-0.25, -0.2) is 9.78 Å². The molecule has 2 aromatic rings. The van der Waals surface area contributed by atoms with Crippen LogP contribution < -0.4 is 15.1 Å². The van der Waals surface area contributed by atoms with Gasteiger partial charge in [-0.15, -0.1) is 0 Å². The van der Waals surface area contributed by atoms with Gasteiger partial charge in [-0.05, 0) is 87.1 Å². The second-order valence-electron chi connectivity index (χ2n) is 11.7. The number of hydrogen-bond donors (Lipinski definition) is 2. The van der Waals surface area contributed by atoms with Crippen molar-refractivity contribution in [3.05, 3.63) is 52.7 Å². The van der Waals surface area contributed by atoms with Gasteiger partial charge >= 0.3 is 5.97 Å². The molecule has 1 amide bonds. The minimum Gasteiger partial charge on any atom is -0.465 e. The number of benzene rings is 1. The fourth-order valence-corrected chi connectivity index (χ4v) is 7.98. The van der Waals surface area contributed by atoms with Crippen LogP contribution in [0.5, 0.6) is 0 Å². The van der Waals surface area contributed by atoms with Gasteiger partial charge in [-0.2, -0.15) is 0 Å². The maximum atomic E-state index is 13.3. The zero-order valence-electron chi connectivity index (χ0n) is 21.9. The van der Waals surface area contributed by atoms with Crippen molar-refractivity contribution in [3.8, 4) is 0 Å². The summed E-state index contributed by atoms with van der Waals surface area (Å²) in [5, 5.41) is 14.7. The van der Waals surface area contributed by atoms with E-state index in [1.165, 1.54) is 7.11 Å². The highest BCUT2D eigenvalue weighted by Crippen LogP contribution is 2.55. The van der Waals surface area contributed by atoms with Crippen LogP contribution in [0.25, 0.3) is 0 Å². The third kappa shape index (κ3) is 4.62. The number of rotatable bonds is 5. The molecule has 0 spiro atoms. The summed E-state index contributed by atoms with van der Waals surface area (Å²) >= 11 is 6.52. The molecule has 2 heterocycles. The van der Waals surface area contributed by atoms with Crippen LogP contribution in [0.3, 0.4) is 0 Å². The number of hydrogen-bond acceptors (Lipinski definition) is 7. The number of nitrogens with zero attached hydrogens (tertiary/aromatic N) is 3. The van der Waals surface area contributed by atoms with Gasteiger partial charge in [0.1, 0.15) is 11.5 Å². The first-order valence-electron chi connectivity index (χ1n) is 13.6. The van der Waals surface area contributed by atoms with Crippen LogP contribution in [0, 0.1) is 17.8 Å².